The molecule has 3 nitrogen and oxygen atoms in total. The molecular weight excluding hydrogens is 404 g/mol. The summed E-state index contributed by atoms with van der Waals surface area (Å²) >= 11 is 0. The van der Waals surface area contributed by atoms with Crippen molar-refractivity contribution in [1.82, 2.24) is 0 Å². The fourth-order valence-electron chi connectivity index (χ4n) is 0.838. The molecule has 0 bridgehead atoms. The average molecular weight is 416 g/mol. The Morgan fingerprint density at radius 2 is 1.29 bits per heavy atom. The molecule has 1 heterocycles. The van der Waals surface area contributed by atoms with Gasteiger partial charge in [-0.05, 0) is 0 Å². The molecule has 1 aliphatic heterocycles. The number of carbonyl (C=O) groups excluding carboxylic acids is 2. The van der Waals surface area contributed by atoms with Gasteiger partial charge in [0.15, 0.2) is 0 Å². The summed E-state index contributed by atoms with van der Waals surface area (Å²) in [4.78, 5) is 21.6. The molecule has 0 spiro atoms. The Kier molecular flexibility index (Phi) is 8.82. The first-order valence-corrected chi connectivity index (χ1v) is 4.00. The van der Waals surface area contributed by atoms with E-state index in [4.69, 9.17) is 0 Å². The van der Waals surface area contributed by atoms with E-state index in [1.54, 1.807) is 0 Å². The summed E-state index contributed by atoms with van der Waals surface area (Å²) in [6, 6.07) is 0. The minimum absolute atomic E-state index is 0. The van der Waals surface area contributed by atoms with Crippen molar-refractivity contribution in [2.24, 2.45) is 0 Å². The third-order valence-corrected chi connectivity index (χ3v) is 1.36. The zero-order chi connectivity index (χ0) is 10.4. The number of hydrogen-bond acceptors (Lipinski definition) is 2. The third kappa shape index (κ3) is 3.28. The van der Waals surface area contributed by atoms with E-state index in [0.717, 1.165) is 0 Å². The first-order chi connectivity index (χ1) is 6.20. The fourth-order valence-corrected chi connectivity index (χ4v) is 0.838. The van der Waals surface area contributed by atoms with Crippen LogP contribution in [-0.4, -0.2) is 11.8 Å². The Morgan fingerprint density at radius 1 is 1.00 bits per heavy atom. The van der Waals surface area contributed by atoms with Gasteiger partial charge in [-0.15, -0.1) is 0 Å². The van der Waals surface area contributed by atoms with Crippen LogP contribution >= 0.6 is 0 Å². The van der Waals surface area contributed by atoms with Crippen molar-refractivity contribution in [3.63, 3.8) is 0 Å². The number of carbonyl (C=O) groups is 2. The summed E-state index contributed by atoms with van der Waals surface area (Å²) in [6.07, 6.45) is 2.63. The predicted octanol–water partition coefficient (Wildman–Crippen LogP) is 2.12. The van der Waals surface area contributed by atoms with E-state index >= 15 is 0 Å². The summed E-state index contributed by atoms with van der Waals surface area (Å²) in [6.45, 7) is 10.8. The SMILES string of the molecule is C=CC1=C(C=C)C(=O)[N-]C1=O.CC.[U]. The molecule has 2 amide bonds. The minimum Gasteiger partial charge on any atom is -0.587 e. The second-order valence-electron chi connectivity index (χ2n) is 1.96. The number of hydrogen-bond donors (Lipinski definition) is 0. The van der Waals surface area contributed by atoms with Crippen LogP contribution in [0, 0.1) is 31.1 Å². The van der Waals surface area contributed by atoms with Crippen molar-refractivity contribution in [2.75, 3.05) is 0 Å². The van der Waals surface area contributed by atoms with Gasteiger partial charge in [-0.3, -0.25) is 0 Å². The van der Waals surface area contributed by atoms with Crippen LogP contribution in [0.25, 0.3) is 5.32 Å². The molecule has 1 aliphatic rings. The maximum absolute atomic E-state index is 10.8. The number of rotatable bonds is 2. The van der Waals surface area contributed by atoms with E-state index in [1.807, 2.05) is 13.8 Å². The van der Waals surface area contributed by atoms with Crippen LogP contribution in [0.15, 0.2) is 36.5 Å². The van der Waals surface area contributed by atoms with Crippen molar-refractivity contribution in [3.8, 4) is 0 Å². The summed E-state index contributed by atoms with van der Waals surface area (Å²) in [5.74, 6) is -1.06. The summed E-state index contributed by atoms with van der Waals surface area (Å²) in [5, 5.41) is 3.20. The second kappa shape index (κ2) is 7.78. The van der Waals surface area contributed by atoms with Gasteiger partial charge >= 0.3 is 0 Å². The predicted molar refractivity (Wildman–Crippen MR) is 52.1 cm³/mol. The van der Waals surface area contributed by atoms with Gasteiger partial charge in [0.05, 0.1) is 11.8 Å². The van der Waals surface area contributed by atoms with Gasteiger partial charge in [0.2, 0.25) is 0 Å². The smallest absolute Gasteiger partial charge is 0.0882 e. The standard InChI is InChI=1S/C8H7NO2.C2H6.U/c1-3-5-6(4-2)8(11)9-7(5)10;1-2;/h3-4H,1-2H2,(H,9,10,11);1-2H3;/p-1. The zero-order valence-corrected chi connectivity index (χ0v) is 12.5. The normalized spacial score (nSPS) is 13.6. The third-order valence-electron chi connectivity index (χ3n) is 1.36. The summed E-state index contributed by atoms with van der Waals surface area (Å²) in [7, 11) is 0. The first-order valence-electron chi connectivity index (χ1n) is 4.00. The average Bonchev–Trinajstić information content (AvgIpc) is 2.43. The summed E-state index contributed by atoms with van der Waals surface area (Å²) in [5.41, 5.74) is 0.481. The molecule has 0 N–H and O–H groups in total. The minimum atomic E-state index is -0.528. The van der Waals surface area contributed by atoms with Crippen molar-refractivity contribution < 1.29 is 40.7 Å². The molecule has 0 aromatic rings. The van der Waals surface area contributed by atoms with Crippen LogP contribution in [0.1, 0.15) is 13.8 Å². The van der Waals surface area contributed by atoms with Gasteiger partial charge in [-0.2, -0.15) is 0 Å². The van der Waals surface area contributed by atoms with Crippen LogP contribution in [-0.2, 0) is 9.59 Å². The molecule has 0 saturated heterocycles. The van der Waals surface area contributed by atoms with Crippen LogP contribution in [0.5, 0.6) is 0 Å². The monoisotopic (exact) mass is 416 g/mol. The second-order valence-corrected chi connectivity index (χ2v) is 1.96. The maximum Gasteiger partial charge on any atom is 0.0882 e. The molecule has 14 heavy (non-hydrogen) atoms. The van der Waals surface area contributed by atoms with Gasteiger partial charge in [-0.1, -0.05) is 39.2 Å². The molecule has 74 valence electrons. The van der Waals surface area contributed by atoms with E-state index in [0.29, 0.717) is 0 Å². The molecule has 0 atom stereocenters. The topological polar surface area (TPSA) is 48.2 Å². The fraction of sp³-hybridized carbons (Fsp3) is 0.200. The Bertz CT molecular complexity index is 264. The molecule has 0 aliphatic carbocycles. The molecular formula is C10H12NO2U-. The molecule has 0 saturated carbocycles. The zero-order valence-electron chi connectivity index (χ0n) is 8.33. The maximum atomic E-state index is 10.8. The van der Waals surface area contributed by atoms with Crippen LogP contribution in [0.3, 0.4) is 0 Å². The van der Waals surface area contributed by atoms with Crippen molar-refractivity contribution in [1.29, 1.82) is 0 Å². The van der Waals surface area contributed by atoms with Crippen LogP contribution < -0.4 is 0 Å². The van der Waals surface area contributed by atoms with Gasteiger partial charge in [0.1, 0.15) is 0 Å². The van der Waals surface area contributed by atoms with Gasteiger partial charge < -0.3 is 14.9 Å². The Morgan fingerprint density at radius 3 is 1.50 bits per heavy atom. The van der Waals surface area contributed by atoms with E-state index in [2.05, 4.69) is 18.5 Å². The number of imide groups is 1. The molecule has 0 radical (unpaired) electrons. The van der Waals surface area contributed by atoms with E-state index in [1.165, 1.54) is 12.2 Å². The molecule has 0 unspecified atom stereocenters. The summed E-state index contributed by atoms with van der Waals surface area (Å²) < 4.78 is 0. The van der Waals surface area contributed by atoms with E-state index < -0.39 is 11.8 Å². The van der Waals surface area contributed by atoms with Crippen LogP contribution in [0.2, 0.25) is 0 Å². The van der Waals surface area contributed by atoms with Crippen molar-refractivity contribution >= 4 is 11.8 Å². The van der Waals surface area contributed by atoms with Crippen molar-refractivity contribution in [3.05, 3.63) is 41.8 Å². The Balaban J connectivity index is 0. The molecule has 4 heteroatoms. The molecule has 0 aromatic heterocycles. The Hall–Kier alpha value is -0.588. The Labute approximate surface area is 108 Å². The quantitative estimate of drug-likeness (QED) is 0.648. The molecule has 0 aromatic carbocycles. The van der Waals surface area contributed by atoms with Crippen LogP contribution in [0.4, 0.5) is 0 Å². The molecule has 0 fully saturated rings. The first kappa shape index (κ1) is 15.9. The largest absolute Gasteiger partial charge is 0.587 e. The number of nitrogens with zero attached hydrogens (tertiary/aromatic N) is 1. The van der Waals surface area contributed by atoms with Gasteiger partial charge in [0.25, 0.3) is 0 Å². The van der Waals surface area contributed by atoms with E-state index in [9.17, 15) is 9.59 Å². The number of amides is 2. The van der Waals surface area contributed by atoms with Gasteiger partial charge in [0, 0.05) is 42.3 Å². The van der Waals surface area contributed by atoms with Crippen molar-refractivity contribution in [2.45, 2.75) is 13.8 Å². The van der Waals surface area contributed by atoms with Gasteiger partial charge in [-0.25, -0.2) is 0 Å². The molecule has 1 rings (SSSR count). The van der Waals surface area contributed by atoms with E-state index in [-0.39, 0.29) is 42.3 Å².